The van der Waals surface area contributed by atoms with Crippen molar-refractivity contribution < 1.29 is 14.3 Å². The van der Waals surface area contributed by atoms with Crippen molar-refractivity contribution in [1.29, 1.82) is 0 Å². The Morgan fingerprint density at radius 2 is 1.73 bits per heavy atom. The van der Waals surface area contributed by atoms with Crippen LogP contribution in [0.5, 0.6) is 0 Å². The normalized spacial score (nSPS) is 18.5. The lowest BCUT2D eigenvalue weighted by Gasteiger charge is -2.31. The van der Waals surface area contributed by atoms with Gasteiger partial charge in [-0.05, 0) is 37.5 Å². The number of esters is 1. The van der Waals surface area contributed by atoms with Crippen molar-refractivity contribution in [2.75, 3.05) is 0 Å². The van der Waals surface area contributed by atoms with Crippen LogP contribution in [0.2, 0.25) is 0 Å². The van der Waals surface area contributed by atoms with Crippen molar-refractivity contribution in [1.82, 2.24) is 0 Å². The predicted molar refractivity (Wildman–Crippen MR) is 56.0 cm³/mol. The summed E-state index contributed by atoms with van der Waals surface area (Å²) in [5.74, 6) is 4.81. The van der Waals surface area contributed by atoms with Crippen molar-refractivity contribution in [2.45, 2.75) is 51.6 Å². The second-order valence-corrected chi connectivity index (χ2v) is 3.95. The highest BCUT2D eigenvalue weighted by atomic mass is 16.6. The molecular weight excluding hydrogens is 192 g/mol. The monoisotopic (exact) mass is 208 g/mol. The summed E-state index contributed by atoms with van der Waals surface area (Å²) in [7, 11) is 0. The summed E-state index contributed by atoms with van der Waals surface area (Å²) in [6, 6.07) is 0. The molecule has 0 N–H and O–H groups in total. The largest absolute Gasteiger partial charge is 0.446 e. The van der Waals surface area contributed by atoms with Crippen LogP contribution in [0, 0.1) is 11.8 Å². The molecular formula is C12H16O3. The standard InChI is InChI=1S/C12H16O3/c1-10(13)6-9-12(15-11(2)14)7-4-3-5-8-12/h3-5,7-8H2,1-2H3. The van der Waals surface area contributed by atoms with Gasteiger partial charge in [-0.15, -0.1) is 0 Å². The fourth-order valence-electron chi connectivity index (χ4n) is 1.85. The number of carbonyl (C=O) groups excluding carboxylic acids is 2. The van der Waals surface area contributed by atoms with Crippen LogP contribution in [0.1, 0.15) is 46.0 Å². The number of carbonyl (C=O) groups is 2. The first kappa shape index (κ1) is 11.8. The van der Waals surface area contributed by atoms with Crippen molar-refractivity contribution >= 4 is 11.8 Å². The van der Waals surface area contributed by atoms with Crippen LogP contribution < -0.4 is 0 Å². The Labute approximate surface area is 90.2 Å². The van der Waals surface area contributed by atoms with E-state index in [0.717, 1.165) is 32.1 Å². The maximum Gasteiger partial charge on any atom is 0.304 e. The first-order valence-corrected chi connectivity index (χ1v) is 5.27. The Morgan fingerprint density at radius 3 is 2.20 bits per heavy atom. The molecule has 1 aliphatic carbocycles. The molecule has 1 rings (SSSR count). The van der Waals surface area contributed by atoms with E-state index in [1.54, 1.807) is 0 Å². The van der Waals surface area contributed by atoms with Gasteiger partial charge in [-0.25, -0.2) is 0 Å². The van der Waals surface area contributed by atoms with Crippen molar-refractivity contribution in [3.05, 3.63) is 0 Å². The van der Waals surface area contributed by atoms with E-state index in [1.165, 1.54) is 13.8 Å². The number of Topliss-reactive ketones (excluding diaryl/α,β-unsaturated/α-hetero) is 1. The third kappa shape index (κ3) is 3.75. The summed E-state index contributed by atoms with van der Waals surface area (Å²) in [4.78, 5) is 21.8. The smallest absolute Gasteiger partial charge is 0.304 e. The van der Waals surface area contributed by atoms with Gasteiger partial charge in [0.15, 0.2) is 5.60 Å². The second-order valence-electron chi connectivity index (χ2n) is 3.95. The number of hydrogen-bond acceptors (Lipinski definition) is 3. The molecule has 0 spiro atoms. The molecule has 0 aliphatic heterocycles. The summed E-state index contributed by atoms with van der Waals surface area (Å²) >= 11 is 0. The van der Waals surface area contributed by atoms with Crippen LogP contribution in [0.4, 0.5) is 0 Å². The molecule has 0 amide bonds. The third-order valence-electron chi connectivity index (χ3n) is 2.47. The van der Waals surface area contributed by atoms with E-state index in [4.69, 9.17) is 4.74 Å². The molecule has 0 atom stereocenters. The van der Waals surface area contributed by atoms with Crippen LogP contribution in [0.3, 0.4) is 0 Å². The van der Waals surface area contributed by atoms with Crippen LogP contribution in [0.25, 0.3) is 0 Å². The lowest BCUT2D eigenvalue weighted by molar-refractivity contribution is -0.153. The molecule has 3 heteroatoms. The van der Waals surface area contributed by atoms with Gasteiger partial charge in [0.05, 0.1) is 0 Å². The van der Waals surface area contributed by atoms with Gasteiger partial charge in [-0.3, -0.25) is 9.59 Å². The van der Waals surface area contributed by atoms with Gasteiger partial charge in [-0.2, -0.15) is 0 Å². The highest BCUT2D eigenvalue weighted by molar-refractivity contribution is 5.93. The fraction of sp³-hybridized carbons (Fsp3) is 0.667. The first-order chi connectivity index (χ1) is 7.04. The predicted octanol–water partition coefficient (Wildman–Crippen LogP) is 1.84. The zero-order chi connectivity index (χ0) is 11.3. The average molecular weight is 208 g/mol. The summed E-state index contributed by atoms with van der Waals surface area (Å²) in [5.41, 5.74) is -0.699. The van der Waals surface area contributed by atoms with E-state index in [-0.39, 0.29) is 11.8 Å². The van der Waals surface area contributed by atoms with E-state index in [0.29, 0.717) is 0 Å². The van der Waals surface area contributed by atoms with Crippen LogP contribution in [-0.4, -0.2) is 17.4 Å². The summed E-state index contributed by atoms with van der Waals surface area (Å²) in [6.07, 6.45) is 4.63. The summed E-state index contributed by atoms with van der Waals surface area (Å²) in [5, 5.41) is 0. The zero-order valence-electron chi connectivity index (χ0n) is 9.26. The molecule has 0 aromatic heterocycles. The fourth-order valence-corrected chi connectivity index (χ4v) is 1.85. The van der Waals surface area contributed by atoms with Crippen molar-refractivity contribution in [3.63, 3.8) is 0 Å². The van der Waals surface area contributed by atoms with Crippen molar-refractivity contribution in [2.24, 2.45) is 0 Å². The van der Waals surface area contributed by atoms with Gasteiger partial charge in [0.1, 0.15) is 0 Å². The van der Waals surface area contributed by atoms with Gasteiger partial charge in [0.25, 0.3) is 0 Å². The van der Waals surface area contributed by atoms with Gasteiger partial charge in [0, 0.05) is 13.8 Å². The Morgan fingerprint density at radius 1 is 1.13 bits per heavy atom. The molecule has 0 aromatic rings. The lowest BCUT2D eigenvalue weighted by Crippen LogP contribution is -2.35. The van der Waals surface area contributed by atoms with E-state index in [2.05, 4.69) is 11.8 Å². The van der Waals surface area contributed by atoms with Gasteiger partial charge < -0.3 is 4.74 Å². The minimum absolute atomic E-state index is 0.188. The minimum Gasteiger partial charge on any atom is -0.446 e. The van der Waals surface area contributed by atoms with Crippen LogP contribution in [0.15, 0.2) is 0 Å². The Bertz CT molecular complexity index is 313. The molecule has 0 heterocycles. The SMILES string of the molecule is CC(=O)C#CC1(OC(C)=O)CCCCC1. The topological polar surface area (TPSA) is 43.4 Å². The number of hydrogen-bond donors (Lipinski definition) is 0. The zero-order valence-corrected chi connectivity index (χ0v) is 9.26. The van der Waals surface area contributed by atoms with Crippen molar-refractivity contribution in [3.8, 4) is 11.8 Å². The Kier molecular flexibility index (Phi) is 3.90. The molecule has 1 saturated carbocycles. The van der Waals surface area contributed by atoms with Crippen LogP contribution >= 0.6 is 0 Å². The van der Waals surface area contributed by atoms with E-state index in [9.17, 15) is 9.59 Å². The molecule has 0 saturated heterocycles. The van der Waals surface area contributed by atoms with E-state index < -0.39 is 5.60 Å². The van der Waals surface area contributed by atoms with E-state index >= 15 is 0 Å². The molecule has 15 heavy (non-hydrogen) atoms. The molecule has 3 nitrogen and oxygen atoms in total. The van der Waals surface area contributed by atoms with E-state index in [1.807, 2.05) is 0 Å². The maximum atomic E-state index is 11.0. The molecule has 82 valence electrons. The second kappa shape index (κ2) is 4.97. The average Bonchev–Trinajstić information content (AvgIpc) is 2.15. The molecule has 0 aromatic carbocycles. The summed E-state index contributed by atoms with van der Waals surface area (Å²) < 4.78 is 5.26. The Balaban J connectivity index is 2.81. The highest BCUT2D eigenvalue weighted by Crippen LogP contribution is 2.31. The van der Waals surface area contributed by atoms with Crippen LogP contribution in [-0.2, 0) is 14.3 Å². The molecule has 0 bridgehead atoms. The number of ketones is 1. The minimum atomic E-state index is -0.699. The quantitative estimate of drug-likeness (QED) is 0.375. The van der Waals surface area contributed by atoms with Gasteiger partial charge in [0.2, 0.25) is 5.78 Å². The third-order valence-corrected chi connectivity index (χ3v) is 2.47. The molecule has 1 fully saturated rings. The van der Waals surface area contributed by atoms with Gasteiger partial charge in [-0.1, -0.05) is 6.42 Å². The number of rotatable bonds is 1. The van der Waals surface area contributed by atoms with Gasteiger partial charge >= 0.3 is 5.97 Å². The summed E-state index contributed by atoms with van der Waals surface area (Å²) in [6.45, 7) is 2.79. The molecule has 0 unspecified atom stereocenters. The number of ether oxygens (including phenoxy) is 1. The molecule has 1 aliphatic rings. The highest BCUT2D eigenvalue weighted by Gasteiger charge is 2.33. The maximum absolute atomic E-state index is 11.0. The first-order valence-electron chi connectivity index (χ1n) is 5.27. The molecule has 0 radical (unpaired) electrons. The Hall–Kier alpha value is -1.30. The lowest BCUT2D eigenvalue weighted by atomic mass is 9.85.